The molecular weight excluding hydrogens is 258 g/mol. The molecule has 0 radical (unpaired) electrons. The Labute approximate surface area is 120 Å². The maximum atomic E-state index is 12.5. The zero-order valence-electron chi connectivity index (χ0n) is 11.6. The largest absolute Gasteiger partial charge is 0.339 e. The molecule has 1 heterocycles. The minimum Gasteiger partial charge on any atom is -0.339 e. The van der Waals surface area contributed by atoms with E-state index in [9.17, 15) is 4.79 Å². The molecule has 1 aromatic carbocycles. The quantitative estimate of drug-likeness (QED) is 0.752. The molecule has 19 heavy (non-hydrogen) atoms. The van der Waals surface area contributed by atoms with E-state index in [2.05, 4.69) is 13.0 Å². The van der Waals surface area contributed by atoms with E-state index >= 15 is 0 Å². The summed E-state index contributed by atoms with van der Waals surface area (Å²) >= 11 is 5.76. The third-order valence-corrected chi connectivity index (χ3v) is 4.12. The van der Waals surface area contributed by atoms with Crippen LogP contribution in [0, 0.1) is 5.92 Å². The van der Waals surface area contributed by atoms with Crippen molar-refractivity contribution in [3.63, 3.8) is 0 Å². The number of carbonyl (C=O) groups is 1. The van der Waals surface area contributed by atoms with Gasteiger partial charge in [-0.05, 0) is 43.2 Å². The molecule has 0 fully saturated rings. The van der Waals surface area contributed by atoms with Crippen LogP contribution < -0.4 is 0 Å². The van der Waals surface area contributed by atoms with Gasteiger partial charge in [0.1, 0.15) is 0 Å². The van der Waals surface area contributed by atoms with Crippen LogP contribution in [0.2, 0.25) is 0 Å². The van der Waals surface area contributed by atoms with Gasteiger partial charge in [-0.25, -0.2) is 0 Å². The molecular formula is C16H22ClNO. The van der Waals surface area contributed by atoms with E-state index in [0.29, 0.717) is 11.8 Å². The molecule has 104 valence electrons. The van der Waals surface area contributed by atoms with Gasteiger partial charge in [-0.3, -0.25) is 4.79 Å². The molecule has 0 spiro atoms. The van der Waals surface area contributed by atoms with Gasteiger partial charge in [-0.15, -0.1) is 11.6 Å². The van der Waals surface area contributed by atoms with Crippen molar-refractivity contribution in [3.05, 3.63) is 35.4 Å². The lowest BCUT2D eigenvalue weighted by molar-refractivity contribution is 0.0752. The molecule has 1 aromatic rings. The molecule has 1 amide bonds. The summed E-state index contributed by atoms with van der Waals surface area (Å²) in [4.78, 5) is 14.5. The third-order valence-electron chi connectivity index (χ3n) is 3.90. The molecule has 0 saturated heterocycles. The summed E-state index contributed by atoms with van der Waals surface area (Å²) in [6.07, 6.45) is 4.14. The Kier molecular flexibility index (Phi) is 5.26. The molecule has 1 aliphatic rings. The van der Waals surface area contributed by atoms with Crippen molar-refractivity contribution in [2.75, 3.05) is 19.0 Å². The lowest BCUT2D eigenvalue weighted by atomic mass is 10.0. The molecule has 1 aliphatic heterocycles. The van der Waals surface area contributed by atoms with Crippen molar-refractivity contribution in [2.24, 2.45) is 5.92 Å². The van der Waals surface area contributed by atoms with E-state index in [-0.39, 0.29) is 5.91 Å². The fourth-order valence-electron chi connectivity index (χ4n) is 2.60. The molecule has 2 nitrogen and oxygen atoms in total. The first-order valence-electron chi connectivity index (χ1n) is 7.15. The Hall–Kier alpha value is -1.02. The van der Waals surface area contributed by atoms with Crippen LogP contribution in [0.5, 0.6) is 0 Å². The smallest absolute Gasteiger partial charge is 0.254 e. The summed E-state index contributed by atoms with van der Waals surface area (Å²) in [6.45, 7) is 3.94. The van der Waals surface area contributed by atoms with Crippen molar-refractivity contribution in [1.29, 1.82) is 0 Å². The Balaban J connectivity index is 2.01. The maximum Gasteiger partial charge on any atom is 0.254 e. The Bertz CT molecular complexity index is 433. The molecule has 3 heteroatoms. The molecule has 0 aliphatic carbocycles. The minimum absolute atomic E-state index is 0.200. The second-order valence-electron chi connectivity index (χ2n) is 5.42. The van der Waals surface area contributed by atoms with Gasteiger partial charge in [0.25, 0.3) is 5.91 Å². The summed E-state index contributed by atoms with van der Waals surface area (Å²) in [5.41, 5.74) is 2.09. The molecule has 0 saturated carbocycles. The van der Waals surface area contributed by atoms with Crippen molar-refractivity contribution >= 4 is 17.5 Å². The highest BCUT2D eigenvalue weighted by molar-refractivity contribution is 6.17. The molecule has 0 bridgehead atoms. The first-order chi connectivity index (χ1) is 9.22. The van der Waals surface area contributed by atoms with Crippen molar-refractivity contribution in [3.8, 4) is 0 Å². The van der Waals surface area contributed by atoms with Crippen molar-refractivity contribution in [2.45, 2.75) is 32.6 Å². The number of amides is 1. The summed E-state index contributed by atoms with van der Waals surface area (Å²) in [5.74, 6) is 1.49. The third kappa shape index (κ3) is 3.73. The summed E-state index contributed by atoms with van der Waals surface area (Å²) < 4.78 is 0. The number of hydrogen-bond acceptors (Lipinski definition) is 1. The SMILES string of the molecule is CC(CCCl)CCN1CCCc2ccccc2C1=O. The molecule has 0 aromatic heterocycles. The average Bonchev–Trinajstić information content (AvgIpc) is 2.57. The zero-order valence-corrected chi connectivity index (χ0v) is 12.3. The average molecular weight is 280 g/mol. The number of alkyl halides is 1. The number of hydrogen-bond donors (Lipinski definition) is 0. The topological polar surface area (TPSA) is 20.3 Å². The van der Waals surface area contributed by atoms with Crippen LogP contribution in [0.25, 0.3) is 0 Å². The number of nitrogens with zero attached hydrogens (tertiary/aromatic N) is 1. The number of rotatable bonds is 5. The van der Waals surface area contributed by atoms with Gasteiger partial charge in [-0.1, -0.05) is 25.1 Å². The van der Waals surface area contributed by atoms with Gasteiger partial charge >= 0.3 is 0 Å². The fourth-order valence-corrected chi connectivity index (χ4v) is 2.97. The van der Waals surface area contributed by atoms with Crippen LogP contribution in [0.15, 0.2) is 24.3 Å². The lowest BCUT2D eigenvalue weighted by Gasteiger charge is -2.22. The maximum absolute atomic E-state index is 12.5. The summed E-state index contributed by atoms with van der Waals surface area (Å²) in [6, 6.07) is 8.01. The van der Waals surface area contributed by atoms with Crippen molar-refractivity contribution < 1.29 is 4.79 Å². The van der Waals surface area contributed by atoms with E-state index in [1.807, 2.05) is 23.1 Å². The lowest BCUT2D eigenvalue weighted by Crippen LogP contribution is -2.32. The van der Waals surface area contributed by atoms with Gasteiger partial charge in [-0.2, -0.15) is 0 Å². The van der Waals surface area contributed by atoms with Crippen LogP contribution in [0.1, 0.15) is 42.1 Å². The Morgan fingerprint density at radius 2 is 2.11 bits per heavy atom. The zero-order chi connectivity index (χ0) is 13.7. The standard InChI is InChI=1S/C16H22ClNO/c1-13(8-10-17)9-12-18-11-4-6-14-5-2-3-7-15(14)16(18)19/h2-3,5,7,13H,4,6,8-12H2,1H3. The molecule has 2 rings (SSSR count). The second-order valence-corrected chi connectivity index (χ2v) is 5.80. The highest BCUT2D eigenvalue weighted by Gasteiger charge is 2.21. The first-order valence-corrected chi connectivity index (χ1v) is 7.69. The summed E-state index contributed by atoms with van der Waals surface area (Å²) in [5, 5.41) is 0. The highest BCUT2D eigenvalue weighted by atomic mass is 35.5. The van der Waals surface area contributed by atoms with Gasteiger partial charge in [0.05, 0.1) is 0 Å². The van der Waals surface area contributed by atoms with E-state index < -0.39 is 0 Å². The van der Waals surface area contributed by atoms with Crippen LogP contribution in [-0.4, -0.2) is 29.8 Å². The number of halogens is 1. The minimum atomic E-state index is 0.200. The number of benzene rings is 1. The molecule has 1 atom stereocenters. The normalized spacial score (nSPS) is 16.9. The number of carbonyl (C=O) groups excluding carboxylic acids is 1. The van der Waals surface area contributed by atoms with Crippen LogP contribution in [-0.2, 0) is 6.42 Å². The number of aryl methyl sites for hydroxylation is 1. The second kappa shape index (κ2) is 6.95. The van der Waals surface area contributed by atoms with E-state index in [1.54, 1.807) is 0 Å². The van der Waals surface area contributed by atoms with E-state index in [0.717, 1.165) is 44.3 Å². The Morgan fingerprint density at radius 1 is 1.32 bits per heavy atom. The van der Waals surface area contributed by atoms with E-state index in [4.69, 9.17) is 11.6 Å². The van der Waals surface area contributed by atoms with Crippen LogP contribution in [0.4, 0.5) is 0 Å². The first kappa shape index (κ1) is 14.4. The molecule has 1 unspecified atom stereocenters. The fraction of sp³-hybridized carbons (Fsp3) is 0.562. The van der Waals surface area contributed by atoms with Gasteiger partial charge in [0.2, 0.25) is 0 Å². The monoisotopic (exact) mass is 279 g/mol. The van der Waals surface area contributed by atoms with Crippen LogP contribution in [0.3, 0.4) is 0 Å². The highest BCUT2D eigenvalue weighted by Crippen LogP contribution is 2.19. The predicted molar refractivity (Wildman–Crippen MR) is 79.8 cm³/mol. The van der Waals surface area contributed by atoms with Gasteiger partial charge in [0.15, 0.2) is 0 Å². The number of fused-ring (bicyclic) bond motifs is 1. The van der Waals surface area contributed by atoms with Gasteiger partial charge < -0.3 is 4.90 Å². The predicted octanol–water partition coefficient (Wildman–Crippen LogP) is 3.73. The van der Waals surface area contributed by atoms with Gasteiger partial charge in [0, 0.05) is 24.5 Å². The Morgan fingerprint density at radius 3 is 2.89 bits per heavy atom. The molecule has 0 N–H and O–H groups in total. The van der Waals surface area contributed by atoms with Crippen molar-refractivity contribution in [1.82, 2.24) is 4.90 Å². The van der Waals surface area contributed by atoms with E-state index in [1.165, 1.54) is 5.56 Å². The van der Waals surface area contributed by atoms with Crippen LogP contribution >= 0.6 is 11.6 Å². The summed E-state index contributed by atoms with van der Waals surface area (Å²) in [7, 11) is 0.